The zero-order valence-corrected chi connectivity index (χ0v) is 20.0. The van der Waals surface area contributed by atoms with E-state index in [1.54, 1.807) is 30.6 Å². The summed E-state index contributed by atoms with van der Waals surface area (Å²) < 4.78 is 11.1. The van der Waals surface area contributed by atoms with E-state index < -0.39 is 5.91 Å². The average Bonchev–Trinajstić information content (AvgIpc) is 3.54. The van der Waals surface area contributed by atoms with Gasteiger partial charge in [0, 0.05) is 36.3 Å². The lowest BCUT2D eigenvalue weighted by Crippen LogP contribution is -2.49. The maximum absolute atomic E-state index is 13.3. The Morgan fingerprint density at radius 1 is 1.08 bits per heavy atom. The highest BCUT2D eigenvalue weighted by Crippen LogP contribution is 2.33. The topological polar surface area (TPSA) is 142 Å². The summed E-state index contributed by atoms with van der Waals surface area (Å²) in [6, 6.07) is 8.96. The van der Waals surface area contributed by atoms with Crippen LogP contribution in [0, 0.1) is 5.92 Å². The van der Waals surface area contributed by atoms with Crippen molar-refractivity contribution in [2.45, 2.75) is 31.7 Å². The fourth-order valence-corrected chi connectivity index (χ4v) is 5.17. The van der Waals surface area contributed by atoms with E-state index in [-0.39, 0.29) is 41.8 Å². The van der Waals surface area contributed by atoms with E-state index in [4.69, 9.17) is 9.15 Å². The molecule has 3 N–H and O–H groups in total. The van der Waals surface area contributed by atoms with Crippen LogP contribution in [0.5, 0.6) is 0 Å². The molecule has 0 unspecified atom stereocenters. The third kappa shape index (κ3) is 4.53. The number of carbonyl (C=O) groups excluding carboxylic acids is 3. The van der Waals surface area contributed by atoms with Crippen molar-refractivity contribution in [3.63, 3.8) is 0 Å². The molecule has 5 heterocycles. The second kappa shape index (κ2) is 9.66. The third-order valence-electron chi connectivity index (χ3n) is 7.08. The van der Waals surface area contributed by atoms with Crippen LogP contribution in [0.4, 0.5) is 11.5 Å². The summed E-state index contributed by atoms with van der Waals surface area (Å²) in [6.07, 6.45) is 6.13. The lowest BCUT2D eigenvalue weighted by molar-refractivity contribution is -0.146. The molecule has 2 aliphatic rings. The maximum Gasteiger partial charge on any atom is 0.294 e. The molecule has 190 valence electrons. The number of H-pyrrole nitrogens is 1. The van der Waals surface area contributed by atoms with Crippen molar-refractivity contribution in [1.82, 2.24) is 19.9 Å². The van der Waals surface area contributed by atoms with E-state index >= 15 is 0 Å². The molecule has 0 aromatic carbocycles. The summed E-state index contributed by atoms with van der Waals surface area (Å²) >= 11 is 0. The van der Waals surface area contributed by atoms with Crippen LogP contribution in [0.2, 0.25) is 0 Å². The van der Waals surface area contributed by atoms with Gasteiger partial charge in [-0.1, -0.05) is 0 Å². The molecular weight excluding hydrogens is 476 g/mol. The van der Waals surface area contributed by atoms with Crippen LogP contribution in [0.15, 0.2) is 47.1 Å². The Morgan fingerprint density at radius 3 is 2.78 bits per heavy atom. The quantitative estimate of drug-likeness (QED) is 0.380. The lowest BCUT2D eigenvalue weighted by atomic mass is 9.84. The monoisotopic (exact) mass is 502 g/mol. The Hall–Kier alpha value is -4.25. The Morgan fingerprint density at radius 2 is 1.95 bits per heavy atom. The van der Waals surface area contributed by atoms with Gasteiger partial charge in [-0.05, 0) is 56.0 Å². The molecule has 37 heavy (non-hydrogen) atoms. The molecule has 1 aliphatic heterocycles. The largest absolute Gasteiger partial charge is 0.447 e. The van der Waals surface area contributed by atoms with Crippen molar-refractivity contribution in [1.29, 1.82) is 0 Å². The molecule has 4 aromatic rings. The molecule has 1 saturated carbocycles. The molecule has 4 aromatic heterocycles. The predicted octanol–water partition coefficient (Wildman–Crippen LogP) is 3.31. The van der Waals surface area contributed by atoms with E-state index in [2.05, 4.69) is 25.6 Å². The number of nitrogens with zero attached hydrogens (tertiary/aromatic N) is 3. The van der Waals surface area contributed by atoms with Crippen molar-refractivity contribution >= 4 is 51.4 Å². The average molecular weight is 503 g/mol. The summed E-state index contributed by atoms with van der Waals surface area (Å²) in [5.41, 5.74) is 1.68. The first-order valence-corrected chi connectivity index (χ1v) is 12.4. The first-order chi connectivity index (χ1) is 18.1. The molecule has 11 nitrogen and oxygen atoms in total. The number of ether oxygens (including phenoxy) is 1. The van der Waals surface area contributed by atoms with Crippen molar-refractivity contribution in [2.24, 2.45) is 5.92 Å². The van der Waals surface area contributed by atoms with Crippen LogP contribution in [-0.4, -0.2) is 63.4 Å². The van der Waals surface area contributed by atoms with Crippen molar-refractivity contribution in [3.05, 3.63) is 48.5 Å². The summed E-state index contributed by atoms with van der Waals surface area (Å²) in [5.74, 6) is -0.657. The molecular formula is C26H26N6O5. The number of anilines is 2. The molecule has 0 atom stereocenters. The Bertz CT molecular complexity index is 1490. The van der Waals surface area contributed by atoms with Gasteiger partial charge in [-0.2, -0.15) is 0 Å². The fourth-order valence-electron chi connectivity index (χ4n) is 5.17. The highest BCUT2D eigenvalue weighted by atomic mass is 16.5. The fraction of sp³-hybridized carbons (Fsp3) is 0.346. The number of aromatic nitrogens is 3. The zero-order valence-electron chi connectivity index (χ0n) is 20.0. The number of aromatic amines is 1. The first kappa shape index (κ1) is 23.2. The van der Waals surface area contributed by atoms with Gasteiger partial charge in [0.15, 0.2) is 5.58 Å². The van der Waals surface area contributed by atoms with Crippen LogP contribution in [0.1, 0.15) is 36.2 Å². The number of hydrogen-bond donors (Lipinski definition) is 3. The number of rotatable bonds is 5. The van der Waals surface area contributed by atoms with Crippen molar-refractivity contribution < 1.29 is 23.5 Å². The van der Waals surface area contributed by atoms with Crippen LogP contribution < -0.4 is 10.6 Å². The van der Waals surface area contributed by atoms with Gasteiger partial charge >= 0.3 is 0 Å². The van der Waals surface area contributed by atoms with E-state index in [9.17, 15) is 14.4 Å². The second-order valence-electron chi connectivity index (χ2n) is 9.36. The standard InChI is InChI=1S/C26H26N6O5/c33-20-14-36-13-12-32(20)17-6-3-16(4-7-17)25(34)31-22-21-18(2-1-10-27-21)37-23(22)26(35)30-19-8-5-15-9-11-28-24(15)29-19/h1-2,5,8-11,16-17H,3-4,6-7,12-14H2,(H,31,34)(H2,28,29,30,35)/t16-,17-. The number of hydrogen-bond acceptors (Lipinski definition) is 7. The minimum Gasteiger partial charge on any atom is -0.447 e. The molecule has 0 spiro atoms. The van der Waals surface area contributed by atoms with Gasteiger partial charge in [-0.15, -0.1) is 0 Å². The lowest BCUT2D eigenvalue weighted by Gasteiger charge is -2.38. The molecule has 3 amide bonds. The number of morpholine rings is 1. The predicted molar refractivity (Wildman–Crippen MR) is 135 cm³/mol. The minimum atomic E-state index is -0.541. The Kier molecular flexibility index (Phi) is 6.05. The number of furan rings is 1. The van der Waals surface area contributed by atoms with Crippen LogP contribution >= 0.6 is 0 Å². The van der Waals surface area contributed by atoms with E-state index in [0.29, 0.717) is 48.6 Å². The number of fused-ring (bicyclic) bond motifs is 2. The van der Waals surface area contributed by atoms with Gasteiger partial charge in [0.2, 0.25) is 17.6 Å². The van der Waals surface area contributed by atoms with Gasteiger partial charge < -0.3 is 29.7 Å². The summed E-state index contributed by atoms with van der Waals surface area (Å²) in [7, 11) is 0. The zero-order chi connectivity index (χ0) is 25.4. The minimum absolute atomic E-state index is 0.00986. The highest BCUT2D eigenvalue weighted by Gasteiger charge is 2.34. The summed E-state index contributed by atoms with van der Waals surface area (Å²) in [6.45, 7) is 1.27. The molecule has 1 aliphatic carbocycles. The normalized spacial score (nSPS) is 20.3. The number of nitrogens with one attached hydrogen (secondary N) is 3. The smallest absolute Gasteiger partial charge is 0.294 e. The maximum atomic E-state index is 13.3. The molecule has 0 radical (unpaired) electrons. The Labute approximate surface area is 211 Å². The summed E-state index contributed by atoms with van der Waals surface area (Å²) in [5, 5.41) is 6.59. The van der Waals surface area contributed by atoms with E-state index in [1.807, 2.05) is 17.0 Å². The molecule has 2 fully saturated rings. The van der Waals surface area contributed by atoms with Gasteiger partial charge in [0.1, 0.15) is 29.3 Å². The van der Waals surface area contributed by atoms with Gasteiger partial charge in [-0.25, -0.2) is 4.98 Å². The Balaban J connectivity index is 1.18. The summed E-state index contributed by atoms with van der Waals surface area (Å²) in [4.78, 5) is 52.3. The first-order valence-electron chi connectivity index (χ1n) is 12.4. The number of carbonyl (C=O) groups is 3. The van der Waals surface area contributed by atoms with Crippen molar-refractivity contribution in [3.8, 4) is 0 Å². The van der Waals surface area contributed by atoms with Gasteiger partial charge in [0.05, 0.1) is 6.61 Å². The number of amides is 3. The highest BCUT2D eigenvalue weighted by molar-refractivity contribution is 6.13. The SMILES string of the molecule is O=C(Nc1ccc2cc[nH]c2n1)c1oc2cccnc2c1NC(=O)[C@H]1CC[C@H](N2CCOCC2=O)CC1. The van der Waals surface area contributed by atoms with Crippen LogP contribution in [0.25, 0.3) is 22.1 Å². The second-order valence-corrected chi connectivity index (χ2v) is 9.36. The number of pyridine rings is 2. The molecule has 0 bridgehead atoms. The van der Waals surface area contributed by atoms with Gasteiger partial charge in [0.25, 0.3) is 5.91 Å². The van der Waals surface area contributed by atoms with E-state index in [0.717, 1.165) is 18.2 Å². The molecule has 11 heteroatoms. The van der Waals surface area contributed by atoms with Crippen LogP contribution in [-0.2, 0) is 14.3 Å². The molecule has 1 saturated heterocycles. The van der Waals surface area contributed by atoms with E-state index in [1.165, 1.54) is 0 Å². The third-order valence-corrected chi connectivity index (χ3v) is 7.08. The van der Waals surface area contributed by atoms with Crippen LogP contribution in [0.3, 0.4) is 0 Å². The van der Waals surface area contributed by atoms with Crippen molar-refractivity contribution in [2.75, 3.05) is 30.4 Å². The molecule has 6 rings (SSSR count). The van der Waals surface area contributed by atoms with Gasteiger partial charge in [-0.3, -0.25) is 19.4 Å².